The number of aromatic nitrogens is 5. The maximum atomic E-state index is 14.9. The van der Waals surface area contributed by atoms with Crippen LogP contribution < -0.4 is 9.04 Å². The Morgan fingerprint density at radius 3 is 1.96 bits per heavy atom. The largest absolute Gasteiger partial charge is 0.457 e. The van der Waals surface area contributed by atoms with E-state index in [1.54, 1.807) is 37.3 Å². The van der Waals surface area contributed by atoms with E-state index in [1.807, 2.05) is 122 Å². The molecule has 54 heavy (non-hydrogen) atoms. The van der Waals surface area contributed by atoms with Crippen molar-refractivity contribution in [3.05, 3.63) is 178 Å². The van der Waals surface area contributed by atoms with Gasteiger partial charge < -0.3 is 9.30 Å². The molecule has 4 aromatic carbocycles. The van der Waals surface area contributed by atoms with Crippen molar-refractivity contribution in [2.75, 3.05) is 4.31 Å². The third-order valence-electron chi connectivity index (χ3n) is 9.09. The average Bonchev–Trinajstić information content (AvgIpc) is 3.52. The molecule has 7 rings (SSSR count). The number of ether oxygens (including phenoxy) is 1. The monoisotopic (exact) mass is 754 g/mol. The number of benzene rings is 4. The number of aryl methyl sites for hydroxylation is 4. The van der Waals surface area contributed by atoms with Crippen LogP contribution in [0.1, 0.15) is 45.6 Å². The van der Waals surface area contributed by atoms with Gasteiger partial charge in [-0.25, -0.2) is 8.42 Å². The van der Waals surface area contributed by atoms with E-state index in [1.165, 1.54) is 4.31 Å². The van der Waals surface area contributed by atoms with Gasteiger partial charge in [0.25, 0.3) is 10.0 Å². The molecule has 0 fully saturated rings. The number of hydrogen-bond acceptors (Lipinski definition) is 7. The van der Waals surface area contributed by atoms with Crippen LogP contribution in [0.4, 0.5) is 5.69 Å². The highest BCUT2D eigenvalue weighted by Gasteiger charge is 2.30. The minimum absolute atomic E-state index is 0.101. The first-order valence-electron chi connectivity index (χ1n) is 17.5. The molecule has 0 radical (unpaired) electrons. The quantitative estimate of drug-likeness (QED) is 0.122. The molecular formula is C43H39ClN6O3S. The van der Waals surface area contributed by atoms with Gasteiger partial charge in [-0.2, -0.15) is 0 Å². The Kier molecular flexibility index (Phi) is 10.6. The minimum atomic E-state index is -4.16. The average molecular weight is 755 g/mol. The second-order valence-electron chi connectivity index (χ2n) is 13.2. The molecule has 3 heterocycles. The predicted molar refractivity (Wildman–Crippen MR) is 213 cm³/mol. The number of hydrogen-bond donors (Lipinski definition) is 0. The second-order valence-corrected chi connectivity index (χ2v) is 15.4. The van der Waals surface area contributed by atoms with Crippen molar-refractivity contribution in [3.63, 3.8) is 0 Å². The zero-order valence-corrected chi connectivity index (χ0v) is 32.0. The lowest BCUT2D eigenvalue weighted by Gasteiger charge is -2.26. The Hall–Kier alpha value is -5.84. The fourth-order valence-electron chi connectivity index (χ4n) is 6.27. The highest BCUT2D eigenvalue weighted by molar-refractivity contribution is 7.92. The summed E-state index contributed by atoms with van der Waals surface area (Å²) in [5.41, 5.74) is 7.16. The zero-order valence-electron chi connectivity index (χ0n) is 30.4. The SMILES string of the molecule is Cc1cccc(Cc2nnc(CN(c3ccc(Oc4ccccc4)cc3)S(=O)(=O)c3ccc(-c4ccc(C)c(Cl)c4)cc3C)n2Cc2cccc(C)n2)n1. The molecule has 0 aliphatic carbocycles. The predicted octanol–water partition coefficient (Wildman–Crippen LogP) is 9.45. The topological polar surface area (TPSA) is 103 Å². The summed E-state index contributed by atoms with van der Waals surface area (Å²) in [7, 11) is -4.16. The van der Waals surface area contributed by atoms with E-state index in [-0.39, 0.29) is 11.4 Å². The fraction of sp³-hybridized carbons (Fsp3) is 0.163. The van der Waals surface area contributed by atoms with Crippen LogP contribution in [0, 0.1) is 27.7 Å². The molecule has 0 saturated heterocycles. The summed E-state index contributed by atoms with van der Waals surface area (Å²) in [5.74, 6) is 2.35. The molecule has 0 amide bonds. The Morgan fingerprint density at radius 1 is 0.648 bits per heavy atom. The molecule has 272 valence electrons. The van der Waals surface area contributed by atoms with Crippen LogP contribution in [0.2, 0.25) is 5.02 Å². The molecule has 7 aromatic rings. The number of anilines is 1. The number of sulfonamides is 1. The van der Waals surface area contributed by atoms with Crippen molar-refractivity contribution in [2.45, 2.75) is 52.1 Å². The second kappa shape index (κ2) is 15.6. The van der Waals surface area contributed by atoms with Crippen LogP contribution in [0.3, 0.4) is 0 Å². The number of nitrogens with zero attached hydrogens (tertiary/aromatic N) is 6. The highest BCUT2D eigenvalue weighted by Crippen LogP contribution is 2.33. The van der Waals surface area contributed by atoms with Gasteiger partial charge in [0.1, 0.15) is 17.3 Å². The van der Waals surface area contributed by atoms with E-state index >= 15 is 0 Å². The molecule has 9 nitrogen and oxygen atoms in total. The van der Waals surface area contributed by atoms with Gasteiger partial charge in [0.2, 0.25) is 0 Å². The van der Waals surface area contributed by atoms with Crippen LogP contribution in [0.25, 0.3) is 11.1 Å². The van der Waals surface area contributed by atoms with Gasteiger partial charge in [0.05, 0.1) is 35.8 Å². The maximum absolute atomic E-state index is 14.9. The van der Waals surface area contributed by atoms with Crippen molar-refractivity contribution in [1.29, 1.82) is 0 Å². The molecule has 0 atom stereocenters. The molecule has 0 aliphatic heterocycles. The summed E-state index contributed by atoms with van der Waals surface area (Å²) in [6.07, 6.45) is 0.405. The summed E-state index contributed by atoms with van der Waals surface area (Å²) < 4.78 is 39.2. The van der Waals surface area contributed by atoms with Crippen molar-refractivity contribution < 1.29 is 13.2 Å². The Labute approximate surface area is 321 Å². The standard InChI is InChI=1S/C43H39ClN6O3S/c1-29-16-17-34(25-40(29)44)33-18-23-41(30(2)24-33)54(51,52)50(37-19-21-39(22-20-37)53-38-14-6-5-7-15-38)28-43-48-47-42(26-35-12-8-10-31(3)45-35)49(43)27-36-13-9-11-32(4)46-36/h5-25H,26-28H2,1-4H3. The number of halogens is 1. The highest BCUT2D eigenvalue weighted by atomic mass is 35.5. The van der Waals surface area contributed by atoms with Gasteiger partial charge >= 0.3 is 0 Å². The van der Waals surface area contributed by atoms with Gasteiger partial charge in [-0.3, -0.25) is 14.3 Å². The maximum Gasteiger partial charge on any atom is 0.264 e. The molecule has 0 N–H and O–H groups in total. The first-order valence-corrected chi connectivity index (χ1v) is 19.3. The van der Waals surface area contributed by atoms with Gasteiger partial charge in [0, 0.05) is 22.1 Å². The van der Waals surface area contributed by atoms with Crippen LogP contribution in [0.5, 0.6) is 11.5 Å². The first kappa shape index (κ1) is 36.5. The third kappa shape index (κ3) is 8.20. The van der Waals surface area contributed by atoms with Gasteiger partial charge in [-0.05, 0) is 123 Å². The summed E-state index contributed by atoms with van der Waals surface area (Å²) in [6, 6.07) is 39.3. The molecule has 0 bridgehead atoms. The lowest BCUT2D eigenvalue weighted by Crippen LogP contribution is -2.32. The van der Waals surface area contributed by atoms with Gasteiger partial charge in [-0.1, -0.05) is 66.2 Å². The number of pyridine rings is 2. The Morgan fingerprint density at radius 2 is 1.28 bits per heavy atom. The van der Waals surface area contributed by atoms with Crippen molar-refractivity contribution in [3.8, 4) is 22.6 Å². The smallest absolute Gasteiger partial charge is 0.264 e. The number of rotatable bonds is 12. The minimum Gasteiger partial charge on any atom is -0.457 e. The molecule has 3 aromatic heterocycles. The molecule has 0 saturated carbocycles. The van der Waals surface area contributed by atoms with Crippen LogP contribution in [0.15, 0.2) is 132 Å². The summed E-state index contributed by atoms with van der Waals surface area (Å²) >= 11 is 6.44. The third-order valence-corrected chi connectivity index (χ3v) is 11.4. The van der Waals surface area contributed by atoms with Gasteiger partial charge in [-0.15, -0.1) is 10.2 Å². The van der Waals surface area contributed by atoms with Crippen LogP contribution in [-0.4, -0.2) is 33.2 Å². The molecule has 0 spiro atoms. The molecule has 0 unspecified atom stereocenters. The molecular weight excluding hydrogens is 716 g/mol. The zero-order chi connectivity index (χ0) is 37.8. The Balaban J connectivity index is 1.30. The summed E-state index contributed by atoms with van der Waals surface area (Å²) in [6.45, 7) is 7.88. The first-order chi connectivity index (χ1) is 26.0. The lowest BCUT2D eigenvalue weighted by molar-refractivity contribution is 0.482. The summed E-state index contributed by atoms with van der Waals surface area (Å²) in [4.78, 5) is 9.60. The van der Waals surface area contributed by atoms with E-state index in [2.05, 4.69) is 10.2 Å². The van der Waals surface area contributed by atoms with E-state index < -0.39 is 10.0 Å². The van der Waals surface area contributed by atoms with Crippen molar-refractivity contribution in [2.24, 2.45) is 0 Å². The van der Waals surface area contributed by atoms with Crippen molar-refractivity contribution >= 4 is 27.3 Å². The molecule has 0 aliphatic rings. The fourth-order valence-corrected chi connectivity index (χ4v) is 8.08. The van der Waals surface area contributed by atoms with Gasteiger partial charge in [0.15, 0.2) is 5.82 Å². The van der Waals surface area contributed by atoms with E-state index in [0.29, 0.717) is 52.4 Å². The normalized spacial score (nSPS) is 11.4. The molecule has 11 heteroatoms. The Bertz CT molecular complexity index is 2540. The van der Waals surface area contributed by atoms with E-state index in [4.69, 9.17) is 26.3 Å². The van der Waals surface area contributed by atoms with Crippen molar-refractivity contribution in [1.82, 2.24) is 24.7 Å². The van der Waals surface area contributed by atoms with Crippen LogP contribution in [-0.2, 0) is 29.5 Å². The lowest BCUT2D eigenvalue weighted by atomic mass is 10.0. The number of para-hydroxylation sites is 1. The van der Waals surface area contributed by atoms with E-state index in [9.17, 15) is 8.42 Å². The van der Waals surface area contributed by atoms with E-state index in [0.717, 1.165) is 39.5 Å². The summed E-state index contributed by atoms with van der Waals surface area (Å²) in [5, 5.41) is 9.84. The van der Waals surface area contributed by atoms with Crippen LogP contribution >= 0.6 is 11.6 Å².